The molecule has 1 fully saturated rings. The number of rotatable bonds is 6. The Morgan fingerprint density at radius 3 is 2.27 bits per heavy atom. The molecule has 0 radical (unpaired) electrons. The third kappa shape index (κ3) is 4.08. The normalized spacial score (nSPS) is 19.5. The Labute approximate surface area is 154 Å². The standard InChI is InChI=1S/C18H21NO5S2/c1-24-17-7-9-18(10-8-17)26(22,23)19(13-15-5-3-2-4-6-15)16-11-12-25(20,21)14-16/h2-10,16H,11-14H2,1H3/t16-/m0/s1. The van der Waals surface area contributed by atoms with Gasteiger partial charge in [-0.2, -0.15) is 4.31 Å². The van der Waals surface area contributed by atoms with Crippen molar-refractivity contribution in [3.8, 4) is 5.75 Å². The monoisotopic (exact) mass is 395 g/mol. The second-order valence-corrected chi connectivity index (χ2v) is 10.4. The summed E-state index contributed by atoms with van der Waals surface area (Å²) in [7, 11) is -5.55. The smallest absolute Gasteiger partial charge is 0.243 e. The van der Waals surface area contributed by atoms with Crippen molar-refractivity contribution in [1.29, 1.82) is 0 Å². The number of hydrogen-bond acceptors (Lipinski definition) is 5. The molecule has 0 bridgehead atoms. The summed E-state index contributed by atoms with van der Waals surface area (Å²) in [6.07, 6.45) is 0.310. The quantitative estimate of drug-likeness (QED) is 0.748. The van der Waals surface area contributed by atoms with Gasteiger partial charge in [0.2, 0.25) is 10.0 Å². The maximum atomic E-state index is 13.2. The second-order valence-electron chi connectivity index (χ2n) is 6.27. The fraction of sp³-hybridized carbons (Fsp3) is 0.333. The van der Waals surface area contributed by atoms with E-state index in [2.05, 4.69) is 0 Å². The molecule has 1 atom stereocenters. The van der Waals surface area contributed by atoms with Crippen LogP contribution >= 0.6 is 0 Å². The first kappa shape index (κ1) is 18.9. The van der Waals surface area contributed by atoms with E-state index in [0.29, 0.717) is 12.2 Å². The summed E-state index contributed by atoms with van der Waals surface area (Å²) in [5.74, 6) is 0.429. The predicted octanol–water partition coefficient (Wildman–Crippen LogP) is 2.07. The van der Waals surface area contributed by atoms with Crippen LogP contribution in [0.1, 0.15) is 12.0 Å². The lowest BCUT2D eigenvalue weighted by molar-refractivity contribution is 0.334. The van der Waals surface area contributed by atoms with E-state index in [1.165, 1.54) is 23.5 Å². The van der Waals surface area contributed by atoms with Crippen LogP contribution in [0.3, 0.4) is 0 Å². The Balaban J connectivity index is 1.98. The van der Waals surface area contributed by atoms with Gasteiger partial charge in [0.1, 0.15) is 5.75 Å². The van der Waals surface area contributed by atoms with Crippen LogP contribution in [0.4, 0.5) is 0 Å². The van der Waals surface area contributed by atoms with Crippen LogP contribution in [-0.2, 0) is 26.4 Å². The SMILES string of the molecule is COc1ccc(S(=O)(=O)N(Cc2ccccc2)[C@H]2CCS(=O)(=O)C2)cc1. The molecular formula is C18H21NO5S2. The van der Waals surface area contributed by atoms with Crippen molar-refractivity contribution < 1.29 is 21.6 Å². The van der Waals surface area contributed by atoms with E-state index in [4.69, 9.17) is 4.74 Å². The Bertz CT molecular complexity index is 954. The lowest BCUT2D eigenvalue weighted by Crippen LogP contribution is -2.40. The van der Waals surface area contributed by atoms with Crippen molar-refractivity contribution in [2.24, 2.45) is 0 Å². The van der Waals surface area contributed by atoms with Crippen LogP contribution in [0.2, 0.25) is 0 Å². The van der Waals surface area contributed by atoms with E-state index in [9.17, 15) is 16.8 Å². The molecule has 1 aliphatic rings. The zero-order valence-electron chi connectivity index (χ0n) is 14.4. The van der Waals surface area contributed by atoms with Gasteiger partial charge in [-0.1, -0.05) is 30.3 Å². The van der Waals surface area contributed by atoms with Crippen LogP contribution in [0, 0.1) is 0 Å². The minimum Gasteiger partial charge on any atom is -0.497 e. The van der Waals surface area contributed by atoms with E-state index < -0.39 is 25.9 Å². The summed E-state index contributed by atoms with van der Waals surface area (Å²) in [5.41, 5.74) is 0.814. The first-order valence-electron chi connectivity index (χ1n) is 8.22. The number of methoxy groups -OCH3 is 1. The molecule has 140 valence electrons. The molecule has 0 amide bonds. The van der Waals surface area contributed by atoms with Gasteiger partial charge in [0.25, 0.3) is 0 Å². The highest BCUT2D eigenvalue weighted by Crippen LogP contribution is 2.28. The number of nitrogens with zero attached hydrogens (tertiary/aromatic N) is 1. The largest absolute Gasteiger partial charge is 0.497 e. The molecule has 2 aromatic rings. The minimum atomic E-state index is -3.84. The molecule has 6 nitrogen and oxygen atoms in total. The Morgan fingerprint density at radius 1 is 1.08 bits per heavy atom. The summed E-state index contributed by atoms with van der Waals surface area (Å²) >= 11 is 0. The maximum absolute atomic E-state index is 13.2. The molecule has 0 aromatic heterocycles. The lowest BCUT2D eigenvalue weighted by atomic mass is 10.2. The number of sulfonamides is 1. The number of hydrogen-bond donors (Lipinski definition) is 0. The molecule has 0 N–H and O–H groups in total. The van der Waals surface area contributed by atoms with Crippen molar-refractivity contribution in [2.75, 3.05) is 18.6 Å². The third-order valence-electron chi connectivity index (χ3n) is 4.46. The molecule has 0 unspecified atom stereocenters. The highest BCUT2D eigenvalue weighted by atomic mass is 32.2. The van der Waals surface area contributed by atoms with Gasteiger partial charge in [0.15, 0.2) is 9.84 Å². The molecule has 0 spiro atoms. The summed E-state index contributed by atoms with van der Waals surface area (Å²) in [6, 6.07) is 14.7. The topological polar surface area (TPSA) is 80.8 Å². The molecular weight excluding hydrogens is 374 g/mol. The lowest BCUT2D eigenvalue weighted by Gasteiger charge is -2.27. The number of sulfone groups is 1. The van der Waals surface area contributed by atoms with Crippen molar-refractivity contribution in [3.05, 3.63) is 60.2 Å². The molecule has 26 heavy (non-hydrogen) atoms. The first-order chi connectivity index (χ1) is 12.3. The Morgan fingerprint density at radius 2 is 1.73 bits per heavy atom. The zero-order chi connectivity index (χ0) is 18.8. The summed E-state index contributed by atoms with van der Waals surface area (Å²) in [5, 5.41) is 0. The Kier molecular flexibility index (Phi) is 5.36. The van der Waals surface area contributed by atoms with E-state index >= 15 is 0 Å². The molecule has 1 aliphatic heterocycles. The summed E-state index contributed by atoms with van der Waals surface area (Å²) < 4.78 is 56.7. The molecule has 3 rings (SSSR count). The van der Waals surface area contributed by atoms with Gasteiger partial charge in [0.05, 0.1) is 23.5 Å². The molecule has 0 saturated carbocycles. The van der Waals surface area contributed by atoms with Crippen molar-refractivity contribution >= 4 is 19.9 Å². The molecule has 2 aromatic carbocycles. The molecule has 0 aliphatic carbocycles. The highest BCUT2D eigenvalue weighted by molar-refractivity contribution is 7.92. The zero-order valence-corrected chi connectivity index (χ0v) is 16.0. The van der Waals surface area contributed by atoms with E-state index in [0.717, 1.165) is 5.56 Å². The van der Waals surface area contributed by atoms with Crippen LogP contribution in [0.15, 0.2) is 59.5 Å². The predicted molar refractivity (Wildman–Crippen MR) is 99.2 cm³/mol. The van der Waals surface area contributed by atoms with Gasteiger partial charge in [0, 0.05) is 12.6 Å². The van der Waals surface area contributed by atoms with Crippen molar-refractivity contribution in [2.45, 2.75) is 23.9 Å². The minimum absolute atomic E-state index is 0.0150. The van der Waals surface area contributed by atoms with Crippen LogP contribution < -0.4 is 4.74 Å². The molecule has 8 heteroatoms. The summed E-state index contributed by atoms with van der Waals surface area (Å²) in [4.78, 5) is 0.124. The summed E-state index contributed by atoms with van der Waals surface area (Å²) in [6.45, 7) is 0.134. The van der Waals surface area contributed by atoms with E-state index in [1.54, 1.807) is 12.1 Å². The van der Waals surface area contributed by atoms with Gasteiger partial charge < -0.3 is 4.74 Å². The van der Waals surface area contributed by atoms with Gasteiger partial charge in [-0.3, -0.25) is 0 Å². The fourth-order valence-corrected chi connectivity index (χ4v) is 6.53. The average molecular weight is 396 g/mol. The molecule has 1 heterocycles. The van der Waals surface area contributed by atoms with Gasteiger partial charge in [-0.05, 0) is 36.2 Å². The van der Waals surface area contributed by atoms with Crippen LogP contribution in [0.5, 0.6) is 5.75 Å². The third-order valence-corrected chi connectivity index (χ3v) is 8.13. The fourth-order valence-electron chi connectivity index (χ4n) is 3.06. The van der Waals surface area contributed by atoms with Gasteiger partial charge in [-0.25, -0.2) is 16.8 Å². The van der Waals surface area contributed by atoms with Crippen LogP contribution in [-0.4, -0.2) is 45.8 Å². The molecule has 1 saturated heterocycles. The second kappa shape index (κ2) is 7.38. The van der Waals surface area contributed by atoms with Gasteiger partial charge >= 0.3 is 0 Å². The highest BCUT2D eigenvalue weighted by Gasteiger charge is 2.38. The van der Waals surface area contributed by atoms with Gasteiger partial charge in [-0.15, -0.1) is 0 Å². The van der Waals surface area contributed by atoms with Crippen LogP contribution in [0.25, 0.3) is 0 Å². The number of ether oxygens (including phenoxy) is 1. The van der Waals surface area contributed by atoms with Crippen molar-refractivity contribution in [1.82, 2.24) is 4.31 Å². The van der Waals surface area contributed by atoms with E-state index in [1.807, 2.05) is 30.3 Å². The maximum Gasteiger partial charge on any atom is 0.243 e. The van der Waals surface area contributed by atoms with E-state index in [-0.39, 0.29) is 22.9 Å². The average Bonchev–Trinajstić information content (AvgIpc) is 3.00. The number of benzene rings is 2. The van der Waals surface area contributed by atoms with Crippen molar-refractivity contribution in [3.63, 3.8) is 0 Å². The first-order valence-corrected chi connectivity index (χ1v) is 11.5. The Hall–Kier alpha value is -1.90.